The minimum atomic E-state index is -0.298. The molecule has 2 aliphatic heterocycles. The van der Waals surface area contributed by atoms with Crippen molar-refractivity contribution in [2.45, 2.75) is 44.9 Å². The molecule has 6 heterocycles. The SMILES string of the molecule is CC(C)(c1ccccc1)c1cc(-n2c3ccccc3c3ccc(Oc4cccc(-n5cc6c7ccc(n6[c]5=[Pt])CCc5ccc(cc5)CC7)c4)cc32)ncc1-c1ccccc1. The van der Waals surface area contributed by atoms with Gasteiger partial charge in [-0.05, 0) is 16.7 Å². The fourth-order valence-corrected chi connectivity index (χ4v) is 10.4. The Kier molecular flexibility index (Phi) is 9.31. The average molecular weight is 972 g/mol. The molecule has 0 atom stereocenters. The molecule has 4 aliphatic rings. The minimum Gasteiger partial charge on any atom is -0.0622 e. The maximum absolute atomic E-state index is 6.78. The quantitative estimate of drug-likeness (QED) is 0.160. The molecule has 6 aromatic carbocycles. The molecule has 4 bridgehead atoms. The summed E-state index contributed by atoms with van der Waals surface area (Å²) in [6.07, 6.45) is 8.36. The second-order valence-corrected chi connectivity index (χ2v) is 17.7. The van der Waals surface area contributed by atoms with E-state index in [-0.39, 0.29) is 5.41 Å². The third-order valence-corrected chi connectivity index (χ3v) is 13.7. The Balaban J connectivity index is 0.993. The van der Waals surface area contributed by atoms with Crippen LogP contribution in [0, 0.1) is 3.80 Å². The number of imidazole rings is 1. The molecular formula is C55H44N4OPt. The smallest absolute Gasteiger partial charge is 0.0622 e. The fourth-order valence-electron chi connectivity index (χ4n) is 9.32. The van der Waals surface area contributed by atoms with Gasteiger partial charge in [-0.25, -0.2) is 0 Å². The van der Waals surface area contributed by atoms with Gasteiger partial charge in [0.05, 0.1) is 0 Å². The number of fused-ring (bicyclic) bond motifs is 3. The predicted molar refractivity (Wildman–Crippen MR) is 244 cm³/mol. The monoisotopic (exact) mass is 971 g/mol. The topological polar surface area (TPSA) is 36.4 Å². The normalized spacial score (nSPS) is 12.9. The number of rotatable bonds is 7. The molecule has 0 spiro atoms. The summed E-state index contributed by atoms with van der Waals surface area (Å²) in [6.45, 7) is 4.62. The van der Waals surface area contributed by atoms with Crippen molar-refractivity contribution < 1.29 is 24.1 Å². The fraction of sp³-hybridized carbons (Fsp3) is 0.127. The maximum atomic E-state index is 6.78. The third-order valence-electron chi connectivity index (χ3n) is 12.7. The Morgan fingerprint density at radius 2 is 1.30 bits per heavy atom. The van der Waals surface area contributed by atoms with E-state index in [9.17, 15) is 0 Å². The summed E-state index contributed by atoms with van der Waals surface area (Å²) in [7, 11) is 0. The predicted octanol–water partition coefficient (Wildman–Crippen LogP) is 13.0. The zero-order chi connectivity index (χ0) is 41.1. The van der Waals surface area contributed by atoms with Gasteiger partial charge in [0.15, 0.2) is 0 Å². The van der Waals surface area contributed by atoms with Crippen LogP contribution < -0.4 is 4.74 Å². The summed E-state index contributed by atoms with van der Waals surface area (Å²) in [6, 6.07) is 61.1. The molecule has 6 heteroatoms. The number of nitrogens with zero attached hydrogens (tertiary/aromatic N) is 4. The summed E-state index contributed by atoms with van der Waals surface area (Å²) < 4.78 is 15.0. The van der Waals surface area contributed by atoms with Gasteiger partial charge in [-0.2, -0.15) is 0 Å². The van der Waals surface area contributed by atoms with Crippen LogP contribution in [0.2, 0.25) is 0 Å². The van der Waals surface area contributed by atoms with Crippen LogP contribution in [0.5, 0.6) is 11.5 Å². The van der Waals surface area contributed by atoms with Crippen molar-refractivity contribution in [2.24, 2.45) is 0 Å². The number of aryl methyl sites for hydroxylation is 4. The molecule has 0 amide bonds. The first-order valence-electron chi connectivity index (χ1n) is 21.1. The molecule has 0 saturated heterocycles. The van der Waals surface area contributed by atoms with Crippen LogP contribution in [-0.2, 0) is 50.5 Å². The molecule has 300 valence electrons. The molecule has 14 rings (SSSR count). The number of hydrogen-bond acceptors (Lipinski definition) is 2. The van der Waals surface area contributed by atoms with Crippen LogP contribution in [-0.4, -0.2) is 18.5 Å². The summed E-state index contributed by atoms with van der Waals surface area (Å²) in [5.41, 5.74) is 14.4. The van der Waals surface area contributed by atoms with Crippen molar-refractivity contribution in [2.75, 3.05) is 0 Å². The van der Waals surface area contributed by atoms with Crippen LogP contribution in [0.1, 0.15) is 47.4 Å². The molecule has 10 aromatic rings. The standard InChI is InChI=1S/C55H44N4O.Pt/c1-55(2,42-14-7-4-8-15-42)50-34-54(56-35-49(50)40-12-5-3-6-13-40)59-51-19-10-9-18-47(51)48-31-30-46(33-52(48)59)60-45-17-11-16-44(32-45)57-36-53-41-26-24-38-20-22-39(23-21-38)25-28-43(29-27-41)58(53)37-57;/h3-23,27,29-36H,24-26,28H2,1-2H3;. The van der Waals surface area contributed by atoms with Gasteiger partial charge in [-0.3, -0.25) is 0 Å². The Morgan fingerprint density at radius 1 is 0.590 bits per heavy atom. The van der Waals surface area contributed by atoms with E-state index in [4.69, 9.17) is 9.72 Å². The van der Waals surface area contributed by atoms with Crippen LogP contribution in [0.15, 0.2) is 182 Å². The van der Waals surface area contributed by atoms with E-state index < -0.39 is 0 Å². The van der Waals surface area contributed by atoms with E-state index in [0.717, 1.165) is 80.0 Å². The second kappa shape index (κ2) is 15.2. The van der Waals surface area contributed by atoms with Gasteiger partial charge in [0.1, 0.15) is 0 Å². The van der Waals surface area contributed by atoms with Crippen molar-refractivity contribution >= 4 is 27.3 Å². The van der Waals surface area contributed by atoms with Crippen LogP contribution in [0.3, 0.4) is 0 Å². The first kappa shape index (κ1) is 37.4. The molecule has 5 nitrogen and oxygen atoms in total. The van der Waals surface area contributed by atoms with Gasteiger partial charge in [0.25, 0.3) is 0 Å². The molecule has 0 fully saturated rings. The van der Waals surface area contributed by atoms with E-state index in [2.05, 4.69) is 223 Å². The first-order valence-corrected chi connectivity index (χ1v) is 22.2. The molecule has 0 unspecified atom stereocenters. The molecule has 2 aliphatic carbocycles. The molecule has 61 heavy (non-hydrogen) atoms. The number of aromatic nitrogens is 4. The molecule has 4 aromatic heterocycles. The van der Waals surface area contributed by atoms with E-state index in [1.807, 2.05) is 6.07 Å². The molecule has 0 radical (unpaired) electrons. The number of ether oxygens (including phenoxy) is 1. The van der Waals surface area contributed by atoms with Crippen LogP contribution in [0.4, 0.5) is 0 Å². The van der Waals surface area contributed by atoms with E-state index in [1.165, 1.54) is 44.4 Å². The Morgan fingerprint density at radius 3 is 2.10 bits per heavy atom. The van der Waals surface area contributed by atoms with Gasteiger partial charge in [-0.15, -0.1) is 0 Å². The number of para-hydroxylation sites is 1. The molecule has 0 N–H and O–H groups in total. The van der Waals surface area contributed by atoms with Gasteiger partial charge in [0, 0.05) is 17.2 Å². The molecule has 0 saturated carbocycles. The van der Waals surface area contributed by atoms with Gasteiger partial charge in [0.2, 0.25) is 0 Å². The van der Waals surface area contributed by atoms with Crippen molar-refractivity contribution in [3.05, 3.63) is 220 Å². The number of pyridine rings is 2. The summed E-state index contributed by atoms with van der Waals surface area (Å²) in [5, 5.41) is 2.33. The average Bonchev–Trinajstić information content (AvgIpc) is 3.82. The number of benzene rings is 6. The summed E-state index contributed by atoms with van der Waals surface area (Å²) in [4.78, 5) is 5.22. The Bertz CT molecular complexity index is 3320. The van der Waals surface area contributed by atoms with Crippen molar-refractivity contribution in [3.63, 3.8) is 0 Å². The summed E-state index contributed by atoms with van der Waals surface area (Å²) in [5.74, 6) is 2.42. The molecular weight excluding hydrogens is 928 g/mol. The van der Waals surface area contributed by atoms with Gasteiger partial charge < -0.3 is 0 Å². The zero-order valence-electron chi connectivity index (χ0n) is 34.2. The van der Waals surface area contributed by atoms with E-state index >= 15 is 0 Å². The van der Waals surface area contributed by atoms with Crippen molar-refractivity contribution in [1.29, 1.82) is 0 Å². The van der Waals surface area contributed by atoms with Gasteiger partial charge >= 0.3 is 248 Å². The summed E-state index contributed by atoms with van der Waals surface area (Å²) >= 11 is 2.50. The Hall–Kier alpha value is -6.55. The zero-order valence-corrected chi connectivity index (χ0v) is 36.4. The van der Waals surface area contributed by atoms with Crippen molar-refractivity contribution in [3.8, 4) is 34.1 Å². The number of hydrogen-bond donors (Lipinski definition) is 0. The van der Waals surface area contributed by atoms with E-state index in [1.54, 1.807) is 0 Å². The van der Waals surface area contributed by atoms with Crippen molar-refractivity contribution in [1.82, 2.24) is 18.5 Å². The van der Waals surface area contributed by atoms with Gasteiger partial charge in [-0.1, -0.05) is 86.6 Å². The minimum absolute atomic E-state index is 0.298. The second-order valence-electron chi connectivity index (χ2n) is 16.7. The Labute approximate surface area is 366 Å². The third kappa shape index (κ3) is 6.69. The van der Waals surface area contributed by atoms with E-state index in [0.29, 0.717) is 0 Å². The van der Waals surface area contributed by atoms with Crippen LogP contribution >= 0.6 is 0 Å². The van der Waals surface area contributed by atoms with Crippen LogP contribution in [0.25, 0.3) is 50.0 Å². The first-order chi connectivity index (χ1) is 29.9.